The van der Waals surface area contributed by atoms with Gasteiger partial charge in [0.1, 0.15) is 0 Å². The van der Waals surface area contributed by atoms with Crippen LogP contribution in [-0.4, -0.2) is 53.9 Å². The quantitative estimate of drug-likeness (QED) is 0.761. The fraction of sp³-hybridized carbons (Fsp3) is 0.684. The molecule has 0 saturated carbocycles. The second-order valence-corrected chi connectivity index (χ2v) is 9.77. The van der Waals surface area contributed by atoms with E-state index in [0.29, 0.717) is 39.0 Å². The number of amides is 1. The van der Waals surface area contributed by atoms with Gasteiger partial charge < -0.3 is 4.90 Å². The summed E-state index contributed by atoms with van der Waals surface area (Å²) in [4.78, 5) is 18.6. The van der Waals surface area contributed by atoms with Gasteiger partial charge in [-0.05, 0) is 37.8 Å². The number of likely N-dealkylation sites (tertiary alicyclic amines) is 1. The summed E-state index contributed by atoms with van der Waals surface area (Å²) in [5.41, 5.74) is 0.765. The number of unbranched alkanes of at least 4 members (excludes halogenated alkanes) is 1. The molecule has 2 aliphatic rings. The van der Waals surface area contributed by atoms with Gasteiger partial charge in [-0.25, -0.2) is 12.7 Å². The Balaban J connectivity index is 1.71. The number of aromatic nitrogens is 1. The summed E-state index contributed by atoms with van der Waals surface area (Å²) in [5.74, 6) is 0.378. The van der Waals surface area contributed by atoms with Crippen LogP contribution in [0.2, 0.25) is 0 Å². The Labute approximate surface area is 156 Å². The summed E-state index contributed by atoms with van der Waals surface area (Å²) in [6.07, 6.45) is 6.46. The summed E-state index contributed by atoms with van der Waals surface area (Å²) >= 11 is 0. The Morgan fingerprint density at radius 3 is 2.81 bits per heavy atom. The maximum atomic E-state index is 12.6. The van der Waals surface area contributed by atoms with Crippen LogP contribution in [0.5, 0.6) is 0 Å². The highest BCUT2D eigenvalue weighted by Gasteiger charge is 2.44. The number of hydrogen-bond acceptors (Lipinski definition) is 4. The fourth-order valence-electron chi connectivity index (χ4n) is 4.12. The molecule has 0 N–H and O–H groups in total. The van der Waals surface area contributed by atoms with E-state index in [-0.39, 0.29) is 17.1 Å². The smallest absolute Gasteiger partial charge is 0.222 e. The zero-order valence-corrected chi connectivity index (χ0v) is 16.4. The molecule has 26 heavy (non-hydrogen) atoms. The molecule has 7 heteroatoms. The molecule has 1 aromatic rings. The fourth-order valence-corrected chi connectivity index (χ4v) is 5.91. The minimum atomic E-state index is -3.19. The lowest BCUT2D eigenvalue weighted by atomic mass is 9.74. The molecule has 3 heterocycles. The van der Waals surface area contributed by atoms with E-state index < -0.39 is 10.0 Å². The number of sulfonamides is 1. The van der Waals surface area contributed by atoms with Crippen LogP contribution in [-0.2, 0) is 21.4 Å². The molecule has 3 rings (SSSR count). The second-order valence-electron chi connectivity index (χ2n) is 7.68. The summed E-state index contributed by atoms with van der Waals surface area (Å²) in [5, 5.41) is 0. The predicted molar refractivity (Wildman–Crippen MR) is 101 cm³/mol. The molecule has 0 aromatic carbocycles. The highest BCUT2D eigenvalue weighted by Crippen LogP contribution is 2.40. The van der Waals surface area contributed by atoms with Crippen molar-refractivity contribution in [3.05, 3.63) is 30.1 Å². The number of carbonyl (C=O) groups is 1. The molecule has 6 nitrogen and oxygen atoms in total. The van der Waals surface area contributed by atoms with Crippen molar-refractivity contribution in [2.75, 3.05) is 25.4 Å². The average molecular weight is 380 g/mol. The van der Waals surface area contributed by atoms with Crippen molar-refractivity contribution in [2.45, 2.75) is 52.0 Å². The topological polar surface area (TPSA) is 70.6 Å². The van der Waals surface area contributed by atoms with Gasteiger partial charge in [0.05, 0.1) is 18.0 Å². The van der Waals surface area contributed by atoms with Crippen molar-refractivity contribution in [3.63, 3.8) is 0 Å². The summed E-state index contributed by atoms with van der Waals surface area (Å²) in [7, 11) is -3.19. The molecule has 0 bridgehead atoms. The molecule has 0 radical (unpaired) electrons. The van der Waals surface area contributed by atoms with E-state index in [1.165, 1.54) is 0 Å². The molecule has 1 atom stereocenters. The van der Waals surface area contributed by atoms with Crippen molar-refractivity contribution in [3.8, 4) is 0 Å². The van der Waals surface area contributed by atoms with Crippen molar-refractivity contribution < 1.29 is 13.2 Å². The number of pyridine rings is 1. The zero-order chi connectivity index (χ0) is 18.6. The molecular formula is C19H29N3O3S. The van der Waals surface area contributed by atoms with Crippen LogP contribution in [0, 0.1) is 5.41 Å². The number of piperidine rings is 2. The van der Waals surface area contributed by atoms with E-state index in [0.717, 1.165) is 31.4 Å². The first-order valence-corrected chi connectivity index (χ1v) is 11.2. The van der Waals surface area contributed by atoms with Crippen molar-refractivity contribution >= 4 is 15.9 Å². The van der Waals surface area contributed by atoms with Gasteiger partial charge in [-0.1, -0.05) is 19.4 Å². The standard InChI is InChI=1S/C19H29N3O3S/c1-2-3-13-26(24,25)22-12-6-9-19(16-22)10-8-18(23)21(15-19)14-17-7-4-5-11-20-17/h4-5,7,11H,2-3,6,8-10,12-16H2,1H3. The molecule has 1 spiro atoms. The summed E-state index contributed by atoms with van der Waals surface area (Å²) in [6.45, 7) is 4.30. The van der Waals surface area contributed by atoms with Crippen molar-refractivity contribution in [1.82, 2.24) is 14.2 Å². The van der Waals surface area contributed by atoms with Crippen molar-refractivity contribution in [1.29, 1.82) is 0 Å². The zero-order valence-electron chi connectivity index (χ0n) is 15.6. The molecule has 2 saturated heterocycles. The van der Waals surface area contributed by atoms with Gasteiger partial charge >= 0.3 is 0 Å². The first-order chi connectivity index (χ1) is 12.4. The first-order valence-electron chi connectivity index (χ1n) is 9.60. The van der Waals surface area contributed by atoms with E-state index in [1.807, 2.05) is 30.0 Å². The SMILES string of the molecule is CCCCS(=O)(=O)N1CCCC2(CCC(=O)N(Cc3ccccn3)C2)C1. The molecule has 0 aliphatic carbocycles. The third-order valence-corrected chi connectivity index (χ3v) is 7.51. The maximum Gasteiger partial charge on any atom is 0.222 e. The predicted octanol–water partition coefficient (Wildman–Crippen LogP) is 2.42. The second kappa shape index (κ2) is 8.05. The van der Waals surface area contributed by atoms with Crippen LogP contribution in [0.4, 0.5) is 0 Å². The van der Waals surface area contributed by atoms with Gasteiger partial charge in [-0.3, -0.25) is 9.78 Å². The van der Waals surface area contributed by atoms with E-state index in [2.05, 4.69) is 4.98 Å². The van der Waals surface area contributed by atoms with Gasteiger partial charge in [0.15, 0.2) is 0 Å². The molecular weight excluding hydrogens is 350 g/mol. The monoisotopic (exact) mass is 379 g/mol. The molecule has 2 fully saturated rings. The van der Waals surface area contributed by atoms with Gasteiger partial charge in [0.25, 0.3) is 0 Å². The van der Waals surface area contributed by atoms with Crippen LogP contribution in [0.3, 0.4) is 0 Å². The molecule has 1 unspecified atom stereocenters. The number of nitrogens with zero attached hydrogens (tertiary/aromatic N) is 3. The largest absolute Gasteiger partial charge is 0.336 e. The number of hydrogen-bond donors (Lipinski definition) is 0. The Morgan fingerprint density at radius 1 is 1.23 bits per heavy atom. The Bertz CT molecular complexity index is 723. The third kappa shape index (κ3) is 4.43. The lowest BCUT2D eigenvalue weighted by Gasteiger charge is -2.47. The highest BCUT2D eigenvalue weighted by molar-refractivity contribution is 7.89. The number of carbonyl (C=O) groups excluding carboxylic acids is 1. The lowest BCUT2D eigenvalue weighted by Crippen LogP contribution is -2.55. The van der Waals surface area contributed by atoms with Crippen LogP contribution in [0.1, 0.15) is 51.1 Å². The minimum Gasteiger partial charge on any atom is -0.336 e. The van der Waals surface area contributed by atoms with E-state index in [4.69, 9.17) is 0 Å². The van der Waals surface area contributed by atoms with E-state index in [9.17, 15) is 13.2 Å². The Kier molecular flexibility index (Phi) is 5.97. The van der Waals surface area contributed by atoms with Gasteiger partial charge in [0.2, 0.25) is 15.9 Å². The molecule has 2 aliphatic heterocycles. The molecule has 1 aromatic heterocycles. The molecule has 144 valence electrons. The lowest BCUT2D eigenvalue weighted by molar-refractivity contribution is -0.139. The number of rotatable bonds is 6. The van der Waals surface area contributed by atoms with Gasteiger partial charge in [0, 0.05) is 37.7 Å². The molecule has 1 amide bonds. The highest BCUT2D eigenvalue weighted by atomic mass is 32.2. The summed E-state index contributed by atoms with van der Waals surface area (Å²) in [6, 6.07) is 5.72. The van der Waals surface area contributed by atoms with Crippen LogP contribution in [0.15, 0.2) is 24.4 Å². The van der Waals surface area contributed by atoms with Crippen LogP contribution in [0.25, 0.3) is 0 Å². The van der Waals surface area contributed by atoms with Crippen LogP contribution >= 0.6 is 0 Å². The van der Waals surface area contributed by atoms with Crippen molar-refractivity contribution in [2.24, 2.45) is 5.41 Å². The summed E-state index contributed by atoms with van der Waals surface area (Å²) < 4.78 is 27.0. The average Bonchev–Trinajstić information content (AvgIpc) is 2.64. The Morgan fingerprint density at radius 2 is 2.08 bits per heavy atom. The van der Waals surface area contributed by atoms with Gasteiger partial charge in [-0.15, -0.1) is 0 Å². The minimum absolute atomic E-state index is 0.111. The van der Waals surface area contributed by atoms with E-state index in [1.54, 1.807) is 10.5 Å². The van der Waals surface area contributed by atoms with Crippen LogP contribution < -0.4 is 0 Å². The third-order valence-electron chi connectivity index (χ3n) is 5.60. The normalized spacial score (nSPS) is 25.0. The first kappa shape index (κ1) is 19.3. The van der Waals surface area contributed by atoms with E-state index >= 15 is 0 Å². The van der Waals surface area contributed by atoms with Gasteiger partial charge in [-0.2, -0.15) is 0 Å². The maximum absolute atomic E-state index is 12.6. The Hall–Kier alpha value is -1.47.